The number of anilines is 1. The quantitative estimate of drug-likeness (QED) is 0.857. The summed E-state index contributed by atoms with van der Waals surface area (Å²) in [5, 5.41) is 3.21. The molecule has 2 nitrogen and oxygen atoms in total. The van der Waals surface area contributed by atoms with Crippen LogP contribution in [0.3, 0.4) is 0 Å². The molecule has 1 N–H and O–H groups in total. The molecule has 0 radical (unpaired) electrons. The van der Waals surface area contributed by atoms with E-state index in [1.54, 1.807) is 0 Å². The van der Waals surface area contributed by atoms with Crippen LogP contribution in [0.4, 0.5) is 5.69 Å². The summed E-state index contributed by atoms with van der Waals surface area (Å²) in [5.74, 6) is 0. The molecule has 0 spiro atoms. The summed E-state index contributed by atoms with van der Waals surface area (Å²) in [7, 11) is 1.99. The summed E-state index contributed by atoms with van der Waals surface area (Å²) in [6, 6.07) is 17.9. The SMILES string of the molecule is CNCc1ccc(N(Cc2ccccc2)C(C)C)c(C)c1. The minimum Gasteiger partial charge on any atom is -0.365 e. The van der Waals surface area contributed by atoms with E-state index in [9.17, 15) is 0 Å². The summed E-state index contributed by atoms with van der Waals surface area (Å²) in [5.41, 5.74) is 5.35. The molecular weight excluding hydrogens is 256 g/mol. The van der Waals surface area contributed by atoms with Gasteiger partial charge in [0.1, 0.15) is 0 Å². The van der Waals surface area contributed by atoms with Crippen molar-refractivity contribution in [1.82, 2.24) is 5.32 Å². The average molecular weight is 282 g/mol. The lowest BCUT2D eigenvalue weighted by Gasteiger charge is -2.31. The highest BCUT2D eigenvalue weighted by molar-refractivity contribution is 5.55. The molecule has 0 saturated heterocycles. The average Bonchev–Trinajstić information content (AvgIpc) is 2.47. The molecule has 0 aliphatic carbocycles. The fourth-order valence-electron chi connectivity index (χ4n) is 2.68. The van der Waals surface area contributed by atoms with E-state index in [4.69, 9.17) is 0 Å². The fraction of sp³-hybridized carbons (Fsp3) is 0.368. The molecule has 0 heterocycles. The lowest BCUT2D eigenvalue weighted by atomic mass is 10.1. The van der Waals surface area contributed by atoms with Crippen molar-refractivity contribution in [2.45, 2.75) is 39.9 Å². The molecule has 0 unspecified atom stereocenters. The smallest absolute Gasteiger partial charge is 0.0432 e. The third-order valence-electron chi connectivity index (χ3n) is 3.77. The minimum absolute atomic E-state index is 0.471. The van der Waals surface area contributed by atoms with Gasteiger partial charge < -0.3 is 10.2 Å². The highest BCUT2D eigenvalue weighted by atomic mass is 15.2. The molecule has 0 atom stereocenters. The Kier molecular flexibility index (Phi) is 5.40. The number of nitrogens with one attached hydrogen (secondary N) is 1. The van der Waals surface area contributed by atoms with Crippen LogP contribution in [-0.4, -0.2) is 13.1 Å². The summed E-state index contributed by atoms with van der Waals surface area (Å²) in [4.78, 5) is 2.47. The second-order valence-corrected chi connectivity index (χ2v) is 5.86. The summed E-state index contributed by atoms with van der Waals surface area (Å²) < 4.78 is 0. The zero-order valence-electron chi connectivity index (χ0n) is 13.6. The van der Waals surface area contributed by atoms with Crippen molar-refractivity contribution >= 4 is 5.69 Å². The van der Waals surface area contributed by atoms with E-state index >= 15 is 0 Å². The second-order valence-electron chi connectivity index (χ2n) is 5.86. The van der Waals surface area contributed by atoms with Gasteiger partial charge in [-0.05, 0) is 50.6 Å². The molecule has 0 aliphatic heterocycles. The number of aryl methyl sites for hydroxylation is 1. The van der Waals surface area contributed by atoms with Crippen LogP contribution in [0.1, 0.15) is 30.5 Å². The van der Waals surface area contributed by atoms with Crippen molar-refractivity contribution < 1.29 is 0 Å². The van der Waals surface area contributed by atoms with E-state index in [2.05, 4.69) is 79.5 Å². The molecule has 0 amide bonds. The Labute approximate surface area is 128 Å². The van der Waals surface area contributed by atoms with E-state index in [1.165, 1.54) is 22.4 Å². The molecule has 0 aliphatic rings. The van der Waals surface area contributed by atoms with Gasteiger partial charge in [0.25, 0.3) is 0 Å². The van der Waals surface area contributed by atoms with Crippen LogP contribution >= 0.6 is 0 Å². The van der Waals surface area contributed by atoms with E-state index in [-0.39, 0.29) is 0 Å². The number of rotatable bonds is 6. The Balaban J connectivity index is 2.26. The van der Waals surface area contributed by atoms with E-state index in [0.717, 1.165) is 13.1 Å². The molecule has 0 aromatic heterocycles. The normalized spacial score (nSPS) is 10.9. The number of hydrogen-bond acceptors (Lipinski definition) is 2. The molecule has 0 fully saturated rings. The first-order valence-corrected chi connectivity index (χ1v) is 7.66. The predicted molar refractivity (Wildman–Crippen MR) is 91.7 cm³/mol. The van der Waals surface area contributed by atoms with Gasteiger partial charge in [-0.3, -0.25) is 0 Å². The van der Waals surface area contributed by atoms with Gasteiger partial charge in [-0.15, -0.1) is 0 Å². The molecule has 21 heavy (non-hydrogen) atoms. The fourth-order valence-corrected chi connectivity index (χ4v) is 2.68. The van der Waals surface area contributed by atoms with E-state index in [1.807, 2.05) is 7.05 Å². The lowest BCUT2D eigenvalue weighted by Crippen LogP contribution is -2.30. The van der Waals surface area contributed by atoms with Crippen molar-refractivity contribution in [2.75, 3.05) is 11.9 Å². The summed E-state index contributed by atoms with van der Waals surface area (Å²) in [6.07, 6.45) is 0. The molecule has 112 valence electrons. The van der Waals surface area contributed by atoms with Gasteiger partial charge in [0, 0.05) is 24.8 Å². The summed E-state index contributed by atoms with van der Waals surface area (Å²) in [6.45, 7) is 8.58. The maximum absolute atomic E-state index is 3.21. The maximum atomic E-state index is 3.21. The van der Waals surface area contributed by atoms with Crippen molar-refractivity contribution in [3.8, 4) is 0 Å². The van der Waals surface area contributed by atoms with Gasteiger partial charge in [0.15, 0.2) is 0 Å². The first kappa shape index (κ1) is 15.6. The van der Waals surface area contributed by atoms with E-state index < -0.39 is 0 Å². The van der Waals surface area contributed by atoms with Gasteiger partial charge in [-0.1, -0.05) is 42.5 Å². The van der Waals surface area contributed by atoms with Gasteiger partial charge >= 0.3 is 0 Å². The first-order valence-electron chi connectivity index (χ1n) is 7.66. The summed E-state index contributed by atoms with van der Waals surface area (Å²) >= 11 is 0. The van der Waals surface area contributed by atoms with Crippen LogP contribution in [0.15, 0.2) is 48.5 Å². The van der Waals surface area contributed by atoms with Crippen LogP contribution in [0.2, 0.25) is 0 Å². The van der Waals surface area contributed by atoms with Gasteiger partial charge in [-0.2, -0.15) is 0 Å². The third-order valence-corrected chi connectivity index (χ3v) is 3.77. The highest BCUT2D eigenvalue weighted by Gasteiger charge is 2.13. The second kappa shape index (κ2) is 7.28. The Bertz CT molecular complexity index is 561. The number of nitrogens with zero attached hydrogens (tertiary/aromatic N) is 1. The van der Waals surface area contributed by atoms with Crippen LogP contribution in [0.5, 0.6) is 0 Å². The zero-order valence-corrected chi connectivity index (χ0v) is 13.6. The highest BCUT2D eigenvalue weighted by Crippen LogP contribution is 2.25. The standard InChI is InChI=1S/C19H26N2/c1-15(2)21(14-17-8-6-5-7-9-17)19-11-10-18(13-20-4)12-16(19)3/h5-12,15,20H,13-14H2,1-4H3. The topological polar surface area (TPSA) is 15.3 Å². The van der Waals surface area contributed by atoms with Crippen molar-refractivity contribution in [2.24, 2.45) is 0 Å². The Morgan fingerprint density at radius 3 is 2.29 bits per heavy atom. The third kappa shape index (κ3) is 4.08. The van der Waals surface area contributed by atoms with Crippen LogP contribution in [0.25, 0.3) is 0 Å². The first-order chi connectivity index (χ1) is 10.1. The van der Waals surface area contributed by atoms with Crippen LogP contribution in [-0.2, 0) is 13.1 Å². The Morgan fingerprint density at radius 2 is 1.71 bits per heavy atom. The van der Waals surface area contributed by atoms with Crippen molar-refractivity contribution in [1.29, 1.82) is 0 Å². The molecule has 2 aromatic rings. The van der Waals surface area contributed by atoms with Crippen molar-refractivity contribution in [3.05, 3.63) is 65.2 Å². The molecule has 2 rings (SSSR count). The lowest BCUT2D eigenvalue weighted by molar-refractivity contribution is 0.680. The van der Waals surface area contributed by atoms with Crippen molar-refractivity contribution in [3.63, 3.8) is 0 Å². The predicted octanol–water partition coefficient (Wildman–Crippen LogP) is 4.13. The molecule has 2 aromatic carbocycles. The van der Waals surface area contributed by atoms with Gasteiger partial charge in [0.05, 0.1) is 0 Å². The Hall–Kier alpha value is -1.80. The Morgan fingerprint density at radius 1 is 1.00 bits per heavy atom. The minimum atomic E-state index is 0.471. The van der Waals surface area contributed by atoms with Gasteiger partial charge in [0.2, 0.25) is 0 Å². The number of hydrogen-bond donors (Lipinski definition) is 1. The van der Waals surface area contributed by atoms with E-state index in [0.29, 0.717) is 6.04 Å². The van der Waals surface area contributed by atoms with Gasteiger partial charge in [-0.25, -0.2) is 0 Å². The molecule has 0 bridgehead atoms. The number of benzene rings is 2. The molecule has 0 saturated carbocycles. The maximum Gasteiger partial charge on any atom is 0.0432 e. The molecule has 2 heteroatoms. The monoisotopic (exact) mass is 282 g/mol. The van der Waals surface area contributed by atoms with Crippen LogP contribution < -0.4 is 10.2 Å². The largest absolute Gasteiger partial charge is 0.365 e. The zero-order chi connectivity index (χ0) is 15.2. The molecular formula is C19H26N2. The van der Waals surface area contributed by atoms with Crippen LogP contribution in [0, 0.1) is 6.92 Å².